The predicted molar refractivity (Wildman–Crippen MR) is 111 cm³/mol. The Labute approximate surface area is 164 Å². The van der Waals surface area contributed by atoms with E-state index in [0.717, 1.165) is 26.8 Å². The standard InChI is InChI=1S/C22H12ClNO2S/c23-13-8-11-19(24(25)26)18(12-13)14-9-10-17-15-4-1-2-6-20(15)27-21-7-3-5-16(14)22(17)21/h1-12H. The second kappa shape index (κ2) is 6.12. The van der Waals surface area contributed by atoms with Gasteiger partial charge in [0, 0.05) is 26.3 Å². The molecular formula is C22H12ClNO2S. The van der Waals surface area contributed by atoms with Gasteiger partial charge in [-0.1, -0.05) is 65.8 Å². The number of nitrogens with zero attached hydrogens (tertiary/aromatic N) is 1. The van der Waals surface area contributed by atoms with Gasteiger partial charge in [0.05, 0.1) is 10.5 Å². The van der Waals surface area contributed by atoms with E-state index >= 15 is 0 Å². The third-order valence-electron chi connectivity index (χ3n) is 4.85. The average molecular weight is 390 g/mol. The second-order valence-electron chi connectivity index (χ2n) is 6.36. The number of fused-ring (bicyclic) bond motifs is 2. The van der Waals surface area contributed by atoms with Crippen LogP contribution in [0.5, 0.6) is 0 Å². The van der Waals surface area contributed by atoms with Crippen LogP contribution in [0, 0.1) is 10.1 Å². The number of hydrogen-bond acceptors (Lipinski definition) is 3. The van der Waals surface area contributed by atoms with Crippen LogP contribution in [0.1, 0.15) is 0 Å². The van der Waals surface area contributed by atoms with Gasteiger partial charge in [-0.05, 0) is 46.3 Å². The van der Waals surface area contributed by atoms with Crippen LogP contribution >= 0.6 is 23.4 Å². The van der Waals surface area contributed by atoms with Crippen molar-refractivity contribution < 1.29 is 4.92 Å². The maximum atomic E-state index is 11.6. The van der Waals surface area contributed by atoms with Gasteiger partial charge in [0.25, 0.3) is 5.69 Å². The molecule has 0 saturated heterocycles. The normalized spacial score (nSPS) is 12.0. The fourth-order valence-electron chi connectivity index (χ4n) is 3.70. The van der Waals surface area contributed by atoms with E-state index in [0.29, 0.717) is 10.6 Å². The Hall–Kier alpha value is -2.82. The van der Waals surface area contributed by atoms with Gasteiger partial charge in [-0.25, -0.2) is 0 Å². The molecule has 0 spiro atoms. The highest BCUT2D eigenvalue weighted by atomic mass is 35.5. The molecule has 0 amide bonds. The molecule has 130 valence electrons. The molecule has 0 aromatic heterocycles. The summed E-state index contributed by atoms with van der Waals surface area (Å²) in [6.07, 6.45) is 0. The Bertz CT molecular complexity index is 1250. The fourth-order valence-corrected chi connectivity index (χ4v) is 5.01. The van der Waals surface area contributed by atoms with Crippen molar-refractivity contribution in [1.29, 1.82) is 0 Å². The van der Waals surface area contributed by atoms with Crippen LogP contribution in [-0.2, 0) is 0 Å². The summed E-state index contributed by atoms with van der Waals surface area (Å²) in [6, 6.07) is 23.2. The van der Waals surface area contributed by atoms with Crippen LogP contribution in [0.3, 0.4) is 0 Å². The number of nitro groups is 1. The molecule has 0 atom stereocenters. The summed E-state index contributed by atoms with van der Waals surface area (Å²) in [5.41, 5.74) is 3.77. The fraction of sp³-hybridized carbons (Fsp3) is 0. The van der Waals surface area contributed by atoms with Crippen molar-refractivity contribution in [2.24, 2.45) is 0 Å². The van der Waals surface area contributed by atoms with E-state index in [-0.39, 0.29) is 10.6 Å². The van der Waals surface area contributed by atoms with Gasteiger partial charge in [-0.15, -0.1) is 0 Å². The predicted octanol–water partition coefficient (Wildman–Crippen LogP) is 7.20. The first-order valence-corrected chi connectivity index (χ1v) is 9.60. The molecule has 5 heteroatoms. The zero-order chi connectivity index (χ0) is 18.5. The first-order valence-electron chi connectivity index (χ1n) is 8.41. The molecule has 5 rings (SSSR count). The number of hydrogen-bond donors (Lipinski definition) is 0. The summed E-state index contributed by atoms with van der Waals surface area (Å²) in [4.78, 5) is 13.6. The van der Waals surface area contributed by atoms with E-state index in [1.807, 2.05) is 30.3 Å². The molecule has 0 aliphatic carbocycles. The van der Waals surface area contributed by atoms with Gasteiger partial charge in [0.15, 0.2) is 0 Å². The van der Waals surface area contributed by atoms with Crippen molar-refractivity contribution in [3.05, 3.63) is 87.9 Å². The Kier molecular flexibility index (Phi) is 3.71. The van der Waals surface area contributed by atoms with Gasteiger partial charge in [0.2, 0.25) is 0 Å². The lowest BCUT2D eigenvalue weighted by molar-refractivity contribution is -0.384. The molecule has 0 radical (unpaired) electrons. The Balaban J connectivity index is 1.87. The van der Waals surface area contributed by atoms with Crippen molar-refractivity contribution in [1.82, 2.24) is 0 Å². The molecule has 0 fully saturated rings. The molecule has 4 aromatic carbocycles. The summed E-state index contributed by atoms with van der Waals surface area (Å²) in [7, 11) is 0. The van der Waals surface area contributed by atoms with E-state index in [9.17, 15) is 10.1 Å². The van der Waals surface area contributed by atoms with Gasteiger partial charge in [-0.2, -0.15) is 0 Å². The van der Waals surface area contributed by atoms with E-state index in [4.69, 9.17) is 11.6 Å². The summed E-state index contributed by atoms with van der Waals surface area (Å²) in [6.45, 7) is 0. The Morgan fingerprint density at radius 2 is 1.56 bits per heavy atom. The highest BCUT2D eigenvalue weighted by molar-refractivity contribution is 7.99. The summed E-state index contributed by atoms with van der Waals surface area (Å²) < 4.78 is 0. The number of halogens is 1. The molecular weight excluding hydrogens is 378 g/mol. The van der Waals surface area contributed by atoms with Gasteiger partial charge >= 0.3 is 0 Å². The minimum absolute atomic E-state index is 0.0592. The zero-order valence-electron chi connectivity index (χ0n) is 14.0. The van der Waals surface area contributed by atoms with Crippen LogP contribution < -0.4 is 0 Å². The molecule has 0 bridgehead atoms. The minimum atomic E-state index is -0.356. The Morgan fingerprint density at radius 3 is 2.41 bits per heavy atom. The lowest BCUT2D eigenvalue weighted by Crippen LogP contribution is -1.96. The molecule has 0 N–H and O–H groups in total. The van der Waals surface area contributed by atoms with Crippen molar-refractivity contribution in [3.63, 3.8) is 0 Å². The zero-order valence-corrected chi connectivity index (χ0v) is 15.6. The topological polar surface area (TPSA) is 43.1 Å². The first-order chi connectivity index (χ1) is 13.1. The molecule has 4 aromatic rings. The van der Waals surface area contributed by atoms with Crippen molar-refractivity contribution >= 4 is 39.8 Å². The lowest BCUT2D eigenvalue weighted by atomic mass is 9.91. The lowest BCUT2D eigenvalue weighted by Gasteiger charge is -2.21. The van der Waals surface area contributed by atoms with E-state index < -0.39 is 0 Å². The molecule has 1 aliphatic heterocycles. The summed E-state index contributed by atoms with van der Waals surface area (Å²) in [5, 5.41) is 14.2. The van der Waals surface area contributed by atoms with Crippen LogP contribution in [0.25, 0.3) is 33.0 Å². The average Bonchev–Trinajstić information content (AvgIpc) is 2.68. The van der Waals surface area contributed by atoms with Crippen LogP contribution in [-0.4, -0.2) is 4.92 Å². The van der Waals surface area contributed by atoms with Crippen molar-refractivity contribution in [3.8, 4) is 22.3 Å². The van der Waals surface area contributed by atoms with Gasteiger partial charge < -0.3 is 0 Å². The summed E-state index contributed by atoms with van der Waals surface area (Å²) >= 11 is 7.90. The number of rotatable bonds is 2. The third-order valence-corrected chi connectivity index (χ3v) is 6.22. The molecule has 1 heterocycles. The summed E-state index contributed by atoms with van der Waals surface area (Å²) in [5.74, 6) is 0. The highest BCUT2D eigenvalue weighted by Crippen LogP contribution is 2.50. The number of nitro benzene ring substituents is 1. The maximum absolute atomic E-state index is 11.6. The molecule has 1 aliphatic rings. The minimum Gasteiger partial charge on any atom is -0.258 e. The van der Waals surface area contributed by atoms with Crippen LogP contribution in [0.2, 0.25) is 5.02 Å². The van der Waals surface area contributed by atoms with E-state index in [1.165, 1.54) is 16.5 Å². The van der Waals surface area contributed by atoms with Crippen LogP contribution in [0.4, 0.5) is 5.69 Å². The van der Waals surface area contributed by atoms with Crippen LogP contribution in [0.15, 0.2) is 82.6 Å². The number of benzene rings is 4. The van der Waals surface area contributed by atoms with Gasteiger partial charge in [-0.3, -0.25) is 10.1 Å². The second-order valence-corrected chi connectivity index (χ2v) is 7.88. The molecule has 3 nitrogen and oxygen atoms in total. The SMILES string of the molecule is O=[N+]([O-])c1ccc(Cl)cc1-c1ccc2c3c(cccc13)Sc1ccccc1-2. The first kappa shape index (κ1) is 16.4. The third kappa shape index (κ3) is 2.52. The Morgan fingerprint density at radius 1 is 0.778 bits per heavy atom. The smallest absolute Gasteiger partial charge is 0.258 e. The quantitative estimate of drug-likeness (QED) is 0.237. The maximum Gasteiger partial charge on any atom is 0.277 e. The van der Waals surface area contributed by atoms with Crippen molar-refractivity contribution in [2.45, 2.75) is 9.79 Å². The molecule has 0 saturated carbocycles. The van der Waals surface area contributed by atoms with Crippen molar-refractivity contribution in [2.75, 3.05) is 0 Å². The van der Waals surface area contributed by atoms with E-state index in [1.54, 1.807) is 23.9 Å². The van der Waals surface area contributed by atoms with E-state index in [2.05, 4.69) is 24.3 Å². The highest BCUT2D eigenvalue weighted by Gasteiger charge is 2.23. The molecule has 27 heavy (non-hydrogen) atoms. The molecule has 0 unspecified atom stereocenters. The van der Waals surface area contributed by atoms with Gasteiger partial charge in [0.1, 0.15) is 0 Å². The monoisotopic (exact) mass is 389 g/mol. The largest absolute Gasteiger partial charge is 0.277 e.